The number of hydrogen-bond donors (Lipinski definition) is 2. The lowest BCUT2D eigenvalue weighted by Crippen LogP contribution is -2.40. The lowest BCUT2D eigenvalue weighted by atomic mass is 9.99. The summed E-state index contributed by atoms with van der Waals surface area (Å²) >= 11 is 0. The van der Waals surface area contributed by atoms with Crippen LogP contribution in [0.5, 0.6) is 0 Å². The molecule has 0 radical (unpaired) electrons. The molecule has 0 aliphatic carbocycles. The lowest BCUT2D eigenvalue weighted by Gasteiger charge is -2.18. The quantitative estimate of drug-likeness (QED) is 0.599. The zero-order chi connectivity index (χ0) is 13.9. The Morgan fingerprint density at radius 3 is 2.79 bits per heavy atom. The molecule has 1 atom stereocenters. The van der Waals surface area contributed by atoms with Gasteiger partial charge >= 0.3 is 6.03 Å². The Balaban J connectivity index is 2.04. The Morgan fingerprint density at radius 2 is 2.16 bits per heavy atom. The van der Waals surface area contributed by atoms with Crippen LogP contribution in [0.3, 0.4) is 0 Å². The van der Waals surface area contributed by atoms with Gasteiger partial charge in [-0.1, -0.05) is 0 Å². The molecule has 2 rings (SSSR count). The number of furan rings is 1. The number of aliphatic hydroxyl groups is 1. The van der Waals surface area contributed by atoms with Crippen LogP contribution in [0.15, 0.2) is 22.8 Å². The van der Waals surface area contributed by atoms with Gasteiger partial charge in [-0.2, -0.15) is 0 Å². The number of aliphatic hydroxyl groups excluding tert-OH is 1. The van der Waals surface area contributed by atoms with Crippen LogP contribution in [0.25, 0.3) is 0 Å². The molecule has 1 aliphatic heterocycles. The number of amides is 3. The van der Waals surface area contributed by atoms with Gasteiger partial charge in [-0.15, -0.1) is 0 Å². The normalized spacial score (nSPS) is 22.9. The number of carbonyl (C=O) groups excluding carboxylic acids is 2. The summed E-state index contributed by atoms with van der Waals surface area (Å²) in [6.45, 7) is 2.13. The number of carbonyl (C=O) groups is 2. The molecule has 1 aromatic rings. The first-order chi connectivity index (χ1) is 9.09. The van der Waals surface area contributed by atoms with Gasteiger partial charge in [0.2, 0.25) is 0 Å². The molecule has 19 heavy (non-hydrogen) atoms. The van der Waals surface area contributed by atoms with Crippen molar-refractivity contribution in [2.75, 3.05) is 13.2 Å². The summed E-state index contributed by atoms with van der Waals surface area (Å²) in [4.78, 5) is 25.4. The zero-order valence-electron chi connectivity index (χ0n) is 10.9. The summed E-state index contributed by atoms with van der Waals surface area (Å²) in [6, 6.07) is 2.96. The van der Waals surface area contributed by atoms with Gasteiger partial charge in [0.15, 0.2) is 5.54 Å². The third-order valence-corrected chi connectivity index (χ3v) is 3.33. The average molecular weight is 266 g/mol. The molecule has 104 valence electrons. The molecule has 0 bridgehead atoms. The van der Waals surface area contributed by atoms with Crippen molar-refractivity contribution in [1.82, 2.24) is 10.2 Å². The minimum absolute atomic E-state index is 0.129. The monoisotopic (exact) mass is 266 g/mol. The first kappa shape index (κ1) is 13.6. The molecule has 1 fully saturated rings. The molecule has 0 saturated carbocycles. The first-order valence-corrected chi connectivity index (χ1v) is 6.38. The minimum atomic E-state index is -1.11. The van der Waals surface area contributed by atoms with E-state index in [2.05, 4.69) is 5.32 Å². The Morgan fingerprint density at radius 1 is 1.37 bits per heavy atom. The number of rotatable bonds is 6. The molecule has 0 spiro atoms. The summed E-state index contributed by atoms with van der Waals surface area (Å²) in [5.41, 5.74) is -1.11. The molecule has 1 aliphatic rings. The van der Waals surface area contributed by atoms with Crippen LogP contribution in [-0.2, 0) is 10.3 Å². The van der Waals surface area contributed by atoms with E-state index in [0.717, 1.165) is 6.42 Å². The molecule has 1 unspecified atom stereocenters. The van der Waals surface area contributed by atoms with Crippen LogP contribution in [0.2, 0.25) is 0 Å². The van der Waals surface area contributed by atoms with Gasteiger partial charge in [-0.25, -0.2) is 4.79 Å². The van der Waals surface area contributed by atoms with E-state index in [0.29, 0.717) is 25.1 Å². The number of unbranched alkanes of at least 4 members (excludes halogenated alkanes) is 2. The van der Waals surface area contributed by atoms with Crippen molar-refractivity contribution >= 4 is 11.9 Å². The highest BCUT2D eigenvalue weighted by molar-refractivity contribution is 6.06. The van der Waals surface area contributed by atoms with Gasteiger partial charge in [0.1, 0.15) is 5.76 Å². The fraction of sp³-hybridized carbons (Fsp3) is 0.538. The van der Waals surface area contributed by atoms with E-state index < -0.39 is 11.6 Å². The second kappa shape index (κ2) is 5.44. The van der Waals surface area contributed by atoms with Gasteiger partial charge in [0, 0.05) is 13.2 Å². The third-order valence-electron chi connectivity index (χ3n) is 3.33. The maximum Gasteiger partial charge on any atom is 0.325 e. The minimum Gasteiger partial charge on any atom is -0.466 e. The van der Waals surface area contributed by atoms with E-state index in [1.54, 1.807) is 19.1 Å². The summed E-state index contributed by atoms with van der Waals surface area (Å²) in [5.74, 6) is 0.139. The first-order valence-electron chi connectivity index (χ1n) is 6.38. The molecule has 2 N–H and O–H groups in total. The maximum atomic E-state index is 12.3. The Labute approximate surface area is 111 Å². The van der Waals surface area contributed by atoms with E-state index in [-0.39, 0.29) is 12.5 Å². The molecule has 6 nitrogen and oxygen atoms in total. The second-order valence-corrected chi connectivity index (χ2v) is 4.77. The number of nitrogens with zero attached hydrogens (tertiary/aromatic N) is 1. The highest BCUT2D eigenvalue weighted by atomic mass is 16.3. The average Bonchev–Trinajstić information content (AvgIpc) is 2.97. The summed E-state index contributed by atoms with van der Waals surface area (Å²) in [7, 11) is 0. The zero-order valence-corrected chi connectivity index (χ0v) is 10.9. The van der Waals surface area contributed by atoms with Crippen LogP contribution < -0.4 is 5.32 Å². The smallest absolute Gasteiger partial charge is 0.325 e. The Bertz CT molecular complexity index is 457. The van der Waals surface area contributed by atoms with Crippen LogP contribution in [0.4, 0.5) is 4.79 Å². The lowest BCUT2D eigenvalue weighted by molar-refractivity contribution is -0.131. The van der Waals surface area contributed by atoms with E-state index in [1.165, 1.54) is 11.2 Å². The van der Waals surface area contributed by atoms with Crippen LogP contribution in [-0.4, -0.2) is 35.1 Å². The fourth-order valence-corrected chi connectivity index (χ4v) is 2.19. The van der Waals surface area contributed by atoms with Crippen molar-refractivity contribution in [3.63, 3.8) is 0 Å². The van der Waals surface area contributed by atoms with E-state index in [9.17, 15) is 9.59 Å². The topological polar surface area (TPSA) is 82.8 Å². The summed E-state index contributed by atoms with van der Waals surface area (Å²) in [6.07, 6.45) is 3.63. The number of urea groups is 1. The van der Waals surface area contributed by atoms with E-state index in [1.807, 2.05) is 0 Å². The number of nitrogens with one attached hydrogen (secondary N) is 1. The second-order valence-electron chi connectivity index (χ2n) is 4.77. The van der Waals surface area contributed by atoms with E-state index in [4.69, 9.17) is 9.52 Å². The highest BCUT2D eigenvalue weighted by Crippen LogP contribution is 2.29. The van der Waals surface area contributed by atoms with Gasteiger partial charge in [0.25, 0.3) is 5.91 Å². The van der Waals surface area contributed by atoms with Crippen molar-refractivity contribution in [2.24, 2.45) is 0 Å². The molecule has 1 aromatic heterocycles. The standard InChI is InChI=1S/C13H18N2O4/c1-13(10-6-5-9-19-10)11(17)15(12(18)14-13)7-3-2-4-8-16/h5-6,9,16H,2-4,7-8H2,1H3,(H,14,18). The van der Waals surface area contributed by atoms with Crippen molar-refractivity contribution < 1.29 is 19.1 Å². The van der Waals surface area contributed by atoms with Gasteiger partial charge in [-0.3, -0.25) is 9.69 Å². The van der Waals surface area contributed by atoms with Crippen molar-refractivity contribution in [2.45, 2.75) is 31.7 Å². The number of imide groups is 1. The fourth-order valence-electron chi connectivity index (χ4n) is 2.19. The van der Waals surface area contributed by atoms with Crippen LogP contribution >= 0.6 is 0 Å². The molecule has 2 heterocycles. The third kappa shape index (κ3) is 2.49. The molecular weight excluding hydrogens is 248 g/mol. The van der Waals surface area contributed by atoms with Crippen LogP contribution in [0.1, 0.15) is 31.9 Å². The van der Waals surface area contributed by atoms with Gasteiger partial charge in [-0.05, 0) is 38.3 Å². The predicted molar refractivity (Wildman–Crippen MR) is 67.2 cm³/mol. The Hall–Kier alpha value is -1.82. The largest absolute Gasteiger partial charge is 0.466 e. The van der Waals surface area contributed by atoms with Gasteiger partial charge in [0.05, 0.1) is 6.26 Å². The summed E-state index contributed by atoms with van der Waals surface area (Å²) < 4.78 is 5.24. The molecule has 6 heteroatoms. The number of hydrogen-bond acceptors (Lipinski definition) is 4. The maximum absolute atomic E-state index is 12.3. The molecular formula is C13H18N2O4. The molecule has 0 aromatic carbocycles. The van der Waals surface area contributed by atoms with Crippen molar-refractivity contribution in [3.8, 4) is 0 Å². The predicted octanol–water partition coefficient (Wildman–Crippen LogP) is 1.21. The highest BCUT2D eigenvalue weighted by Gasteiger charge is 2.50. The van der Waals surface area contributed by atoms with Crippen molar-refractivity contribution in [1.29, 1.82) is 0 Å². The Kier molecular flexibility index (Phi) is 3.90. The molecule has 3 amide bonds. The van der Waals surface area contributed by atoms with Gasteiger partial charge < -0.3 is 14.8 Å². The van der Waals surface area contributed by atoms with Crippen molar-refractivity contribution in [3.05, 3.63) is 24.2 Å². The van der Waals surface area contributed by atoms with Crippen LogP contribution in [0, 0.1) is 0 Å². The summed E-state index contributed by atoms with van der Waals surface area (Å²) in [5, 5.41) is 11.4. The van der Waals surface area contributed by atoms with E-state index >= 15 is 0 Å². The molecule has 1 saturated heterocycles. The SMILES string of the molecule is CC1(c2ccco2)NC(=O)N(CCCCCO)C1=O.